The van der Waals surface area contributed by atoms with Gasteiger partial charge in [-0.15, -0.1) is 0 Å². The van der Waals surface area contributed by atoms with Crippen LogP contribution in [0.4, 0.5) is 15.4 Å². The standard InChI is InChI=1S/C19H18ClN3O4/c20-15-7-6-14-16(22-15)23(17(24)26-12-13-4-2-1-3-5-13)18(25)27-19(14)8-10-21-11-9-19/h1-7,21H,8-12H2. The summed E-state index contributed by atoms with van der Waals surface area (Å²) in [5.41, 5.74) is 0.681. The largest absolute Gasteiger partial charge is 0.444 e. The van der Waals surface area contributed by atoms with Crippen LogP contribution in [-0.2, 0) is 21.7 Å². The number of imide groups is 1. The van der Waals surface area contributed by atoms with E-state index in [1.54, 1.807) is 12.1 Å². The number of nitrogens with zero attached hydrogens (tertiary/aromatic N) is 2. The maximum Gasteiger partial charge on any atom is 0.426 e. The minimum atomic E-state index is -0.844. The fourth-order valence-corrected chi connectivity index (χ4v) is 3.60. The number of amides is 2. The average molecular weight is 388 g/mol. The van der Waals surface area contributed by atoms with Gasteiger partial charge in [-0.1, -0.05) is 41.9 Å². The van der Waals surface area contributed by atoms with Crippen LogP contribution in [0.2, 0.25) is 5.15 Å². The van der Waals surface area contributed by atoms with E-state index in [0.717, 1.165) is 10.5 Å². The van der Waals surface area contributed by atoms with Gasteiger partial charge in [0.05, 0.1) is 0 Å². The molecule has 4 rings (SSSR count). The number of anilines is 1. The number of halogens is 1. The molecule has 1 spiro atoms. The van der Waals surface area contributed by atoms with Gasteiger partial charge >= 0.3 is 12.2 Å². The zero-order valence-corrected chi connectivity index (χ0v) is 15.2. The molecule has 0 saturated carbocycles. The summed E-state index contributed by atoms with van der Waals surface area (Å²) in [5, 5.41) is 3.43. The zero-order valence-electron chi connectivity index (χ0n) is 14.5. The maximum absolute atomic E-state index is 12.7. The Labute approximate surface area is 161 Å². The normalized spacial score (nSPS) is 18.0. The van der Waals surface area contributed by atoms with Gasteiger partial charge < -0.3 is 14.8 Å². The molecule has 1 N–H and O–H groups in total. The van der Waals surface area contributed by atoms with E-state index >= 15 is 0 Å². The van der Waals surface area contributed by atoms with Gasteiger partial charge in [-0.2, -0.15) is 4.90 Å². The molecular formula is C19H18ClN3O4. The number of ether oxygens (including phenoxy) is 2. The molecule has 27 heavy (non-hydrogen) atoms. The number of aromatic nitrogens is 1. The third-order valence-corrected chi connectivity index (χ3v) is 5.02. The Kier molecular flexibility index (Phi) is 4.72. The first-order valence-corrected chi connectivity index (χ1v) is 9.08. The molecule has 0 radical (unpaired) electrons. The molecule has 8 heteroatoms. The Bertz CT molecular complexity index is 869. The van der Waals surface area contributed by atoms with Crippen molar-refractivity contribution < 1.29 is 19.1 Å². The van der Waals surface area contributed by atoms with Gasteiger partial charge in [0.2, 0.25) is 0 Å². The molecular weight excluding hydrogens is 370 g/mol. The van der Waals surface area contributed by atoms with E-state index in [2.05, 4.69) is 10.3 Å². The predicted molar refractivity (Wildman–Crippen MR) is 98.6 cm³/mol. The summed E-state index contributed by atoms with van der Waals surface area (Å²) in [6.07, 6.45) is -0.440. The lowest BCUT2D eigenvalue weighted by atomic mass is 9.84. The summed E-state index contributed by atoms with van der Waals surface area (Å²) in [6, 6.07) is 12.6. The van der Waals surface area contributed by atoms with Crippen molar-refractivity contribution in [3.8, 4) is 0 Å². The van der Waals surface area contributed by atoms with Crippen molar-refractivity contribution in [1.29, 1.82) is 0 Å². The molecule has 0 unspecified atom stereocenters. The van der Waals surface area contributed by atoms with Gasteiger partial charge in [0.1, 0.15) is 17.4 Å². The Morgan fingerprint density at radius 1 is 1.22 bits per heavy atom. The number of hydrogen-bond acceptors (Lipinski definition) is 6. The number of rotatable bonds is 2. The van der Waals surface area contributed by atoms with E-state index in [9.17, 15) is 9.59 Å². The maximum atomic E-state index is 12.7. The van der Waals surface area contributed by atoms with E-state index in [1.165, 1.54) is 0 Å². The van der Waals surface area contributed by atoms with Gasteiger partial charge in [0, 0.05) is 18.4 Å². The highest BCUT2D eigenvalue weighted by Gasteiger charge is 2.49. The fourth-order valence-electron chi connectivity index (χ4n) is 3.45. The van der Waals surface area contributed by atoms with Gasteiger partial charge in [0.25, 0.3) is 0 Å². The van der Waals surface area contributed by atoms with E-state index in [1.807, 2.05) is 30.3 Å². The van der Waals surface area contributed by atoms with Crippen molar-refractivity contribution >= 4 is 29.6 Å². The predicted octanol–water partition coefficient (Wildman–Crippen LogP) is 3.61. The number of nitrogens with one attached hydrogen (secondary N) is 1. The molecule has 0 bridgehead atoms. The molecule has 2 aliphatic heterocycles. The van der Waals surface area contributed by atoms with Gasteiger partial charge in [0.15, 0.2) is 5.82 Å². The minimum Gasteiger partial charge on any atom is -0.444 e. The second kappa shape index (κ2) is 7.17. The number of hydrogen-bond donors (Lipinski definition) is 1. The van der Waals surface area contributed by atoms with Crippen molar-refractivity contribution in [2.24, 2.45) is 0 Å². The van der Waals surface area contributed by atoms with Crippen LogP contribution in [0.25, 0.3) is 0 Å². The topological polar surface area (TPSA) is 80.8 Å². The van der Waals surface area contributed by atoms with Gasteiger partial charge in [-0.05, 0) is 30.8 Å². The first-order valence-electron chi connectivity index (χ1n) is 8.71. The molecule has 2 amide bonds. The number of pyridine rings is 1. The minimum absolute atomic E-state index is 0.0361. The lowest BCUT2D eigenvalue weighted by Gasteiger charge is -2.42. The van der Waals surface area contributed by atoms with Crippen LogP contribution >= 0.6 is 11.6 Å². The molecule has 1 aromatic heterocycles. The van der Waals surface area contributed by atoms with Crippen LogP contribution in [0, 0.1) is 0 Å². The lowest BCUT2D eigenvalue weighted by Crippen LogP contribution is -2.52. The lowest BCUT2D eigenvalue weighted by molar-refractivity contribution is -0.0182. The molecule has 0 atom stereocenters. The molecule has 0 aliphatic carbocycles. The molecule has 7 nitrogen and oxygen atoms in total. The third kappa shape index (κ3) is 3.36. The highest BCUT2D eigenvalue weighted by molar-refractivity contribution is 6.29. The van der Waals surface area contributed by atoms with Gasteiger partial charge in [-0.3, -0.25) is 0 Å². The molecule has 1 saturated heterocycles. The molecule has 1 fully saturated rings. The van der Waals surface area contributed by atoms with Crippen molar-refractivity contribution in [2.45, 2.75) is 25.0 Å². The van der Waals surface area contributed by atoms with Gasteiger partial charge in [-0.25, -0.2) is 14.6 Å². The van der Waals surface area contributed by atoms with E-state index in [-0.39, 0.29) is 17.6 Å². The summed E-state index contributed by atoms with van der Waals surface area (Å²) in [7, 11) is 0. The SMILES string of the molecule is O=C(OCc1ccccc1)N1C(=O)OC2(CCNCC2)c2ccc(Cl)nc21. The van der Waals surface area contributed by atoms with Crippen LogP contribution in [0.5, 0.6) is 0 Å². The van der Waals surface area contributed by atoms with E-state index in [0.29, 0.717) is 31.5 Å². The molecule has 140 valence electrons. The Morgan fingerprint density at radius 3 is 2.70 bits per heavy atom. The summed E-state index contributed by atoms with van der Waals surface area (Å²) >= 11 is 6.04. The zero-order chi connectivity index (χ0) is 18.9. The van der Waals surface area contributed by atoms with Crippen LogP contribution in [0.1, 0.15) is 24.0 Å². The fraction of sp³-hybridized carbons (Fsp3) is 0.316. The first kappa shape index (κ1) is 17.8. The first-order chi connectivity index (χ1) is 13.1. The monoisotopic (exact) mass is 387 g/mol. The van der Waals surface area contributed by atoms with Crippen LogP contribution in [-0.4, -0.2) is 30.3 Å². The number of benzene rings is 1. The van der Waals surface area contributed by atoms with Crippen LogP contribution in [0.15, 0.2) is 42.5 Å². The summed E-state index contributed by atoms with van der Waals surface area (Å²) in [6.45, 7) is 1.44. The Morgan fingerprint density at radius 2 is 1.96 bits per heavy atom. The summed E-state index contributed by atoms with van der Waals surface area (Å²) in [5.74, 6) is 0.179. The number of fused-ring (bicyclic) bond motifs is 2. The molecule has 3 heterocycles. The summed E-state index contributed by atoms with van der Waals surface area (Å²) in [4.78, 5) is 30.4. The second-order valence-corrected chi connectivity index (χ2v) is 6.88. The van der Waals surface area contributed by atoms with Crippen LogP contribution < -0.4 is 10.2 Å². The Balaban J connectivity index is 1.64. The Hall–Kier alpha value is -2.64. The third-order valence-electron chi connectivity index (χ3n) is 4.81. The van der Waals surface area contributed by atoms with Crippen molar-refractivity contribution in [3.05, 3.63) is 58.7 Å². The highest BCUT2D eigenvalue weighted by Crippen LogP contribution is 2.44. The smallest absolute Gasteiger partial charge is 0.426 e. The number of carbonyl (C=O) groups is 2. The highest BCUT2D eigenvalue weighted by atomic mass is 35.5. The van der Waals surface area contributed by atoms with Crippen molar-refractivity contribution in [3.63, 3.8) is 0 Å². The van der Waals surface area contributed by atoms with Crippen LogP contribution in [0.3, 0.4) is 0 Å². The molecule has 2 aromatic rings. The number of piperidine rings is 1. The second-order valence-electron chi connectivity index (χ2n) is 6.49. The van der Waals surface area contributed by atoms with Crippen molar-refractivity contribution in [2.75, 3.05) is 18.0 Å². The number of carbonyl (C=O) groups excluding carboxylic acids is 2. The van der Waals surface area contributed by atoms with Crippen molar-refractivity contribution in [1.82, 2.24) is 10.3 Å². The summed E-state index contributed by atoms with van der Waals surface area (Å²) < 4.78 is 11.0. The van der Waals surface area contributed by atoms with E-state index < -0.39 is 17.8 Å². The molecule has 1 aromatic carbocycles. The average Bonchev–Trinajstić information content (AvgIpc) is 2.67. The molecule has 2 aliphatic rings. The quantitative estimate of drug-likeness (QED) is 0.793. The van der Waals surface area contributed by atoms with E-state index in [4.69, 9.17) is 21.1 Å².